The van der Waals surface area contributed by atoms with Crippen molar-refractivity contribution in [2.45, 2.75) is 26.3 Å². The first kappa shape index (κ1) is 11.5. The average molecular weight is 168 g/mol. The molecule has 0 spiro atoms. The number of nitrogens with one attached hydrogen (secondary N) is 1. The van der Waals surface area contributed by atoms with Gasteiger partial charge in [0.1, 0.15) is 0 Å². The van der Waals surface area contributed by atoms with Crippen molar-refractivity contribution >= 4 is 0 Å². The van der Waals surface area contributed by atoms with Crippen molar-refractivity contribution < 1.29 is 0 Å². The lowest BCUT2D eigenvalue weighted by atomic mass is 10.1. The zero-order chi connectivity index (χ0) is 9.61. The van der Waals surface area contributed by atoms with E-state index in [-0.39, 0.29) is 5.54 Å². The average Bonchev–Trinajstić information content (AvgIpc) is 1.84. The van der Waals surface area contributed by atoms with Gasteiger partial charge < -0.3 is 5.32 Å². The predicted octanol–water partition coefficient (Wildman–Crippen LogP) is 0.939. The van der Waals surface area contributed by atoms with Crippen LogP contribution in [-0.2, 0) is 0 Å². The molecule has 0 aliphatic carbocycles. The fraction of sp³-hybridized carbons (Fsp3) is 0.800. The molecule has 0 amide bonds. The molecule has 0 aromatic rings. The van der Waals surface area contributed by atoms with Crippen LogP contribution in [0.5, 0.6) is 0 Å². The Morgan fingerprint density at radius 3 is 2.42 bits per heavy atom. The van der Waals surface area contributed by atoms with Crippen LogP contribution in [0, 0.1) is 12.3 Å². The first-order valence-corrected chi connectivity index (χ1v) is 4.33. The van der Waals surface area contributed by atoms with Gasteiger partial charge in [0, 0.05) is 18.6 Å². The molecule has 70 valence electrons. The zero-order valence-corrected chi connectivity index (χ0v) is 8.65. The van der Waals surface area contributed by atoms with Gasteiger partial charge in [0.05, 0.1) is 6.54 Å². The molecule has 0 unspecified atom stereocenters. The minimum Gasteiger partial charge on any atom is -0.311 e. The van der Waals surface area contributed by atoms with Gasteiger partial charge in [-0.1, -0.05) is 5.92 Å². The fourth-order valence-electron chi connectivity index (χ4n) is 0.857. The van der Waals surface area contributed by atoms with E-state index in [0.717, 1.165) is 19.6 Å². The van der Waals surface area contributed by atoms with E-state index >= 15 is 0 Å². The number of likely N-dealkylation sites (N-methyl/N-ethyl adjacent to an activating group) is 1. The molecule has 2 heteroatoms. The summed E-state index contributed by atoms with van der Waals surface area (Å²) in [6, 6.07) is 0. The van der Waals surface area contributed by atoms with Crippen LogP contribution in [0.2, 0.25) is 0 Å². The summed E-state index contributed by atoms with van der Waals surface area (Å²) >= 11 is 0. The Morgan fingerprint density at radius 1 is 1.42 bits per heavy atom. The van der Waals surface area contributed by atoms with Crippen molar-refractivity contribution in [3.8, 4) is 12.3 Å². The molecule has 0 aromatic carbocycles. The molecular formula is C10H20N2. The molecule has 0 aromatic heterocycles. The van der Waals surface area contributed by atoms with Gasteiger partial charge >= 0.3 is 0 Å². The molecule has 0 radical (unpaired) electrons. The van der Waals surface area contributed by atoms with Crippen LogP contribution in [0.4, 0.5) is 0 Å². The van der Waals surface area contributed by atoms with Crippen molar-refractivity contribution in [3.05, 3.63) is 0 Å². The van der Waals surface area contributed by atoms with E-state index in [2.05, 4.69) is 36.9 Å². The van der Waals surface area contributed by atoms with E-state index in [1.165, 1.54) is 0 Å². The molecule has 0 atom stereocenters. The van der Waals surface area contributed by atoms with E-state index in [9.17, 15) is 0 Å². The van der Waals surface area contributed by atoms with E-state index in [0.29, 0.717) is 0 Å². The summed E-state index contributed by atoms with van der Waals surface area (Å²) in [5.41, 5.74) is 0.205. The minimum absolute atomic E-state index is 0.205. The standard InChI is InChI=1S/C10H20N2/c1-6-8-12(5)9-7-11-10(2,3)4/h1,11H,7-9H2,2-5H3. The molecular weight excluding hydrogens is 148 g/mol. The maximum absolute atomic E-state index is 5.17. The van der Waals surface area contributed by atoms with Crippen LogP contribution in [0.1, 0.15) is 20.8 Å². The van der Waals surface area contributed by atoms with Crippen LogP contribution in [0.25, 0.3) is 0 Å². The maximum Gasteiger partial charge on any atom is 0.0596 e. The Hall–Kier alpha value is -0.520. The quantitative estimate of drug-likeness (QED) is 0.628. The first-order valence-electron chi connectivity index (χ1n) is 4.33. The van der Waals surface area contributed by atoms with Crippen molar-refractivity contribution in [1.82, 2.24) is 10.2 Å². The van der Waals surface area contributed by atoms with Crippen LogP contribution in [0.15, 0.2) is 0 Å². The highest BCUT2D eigenvalue weighted by molar-refractivity contribution is 4.87. The summed E-state index contributed by atoms with van der Waals surface area (Å²) in [6.07, 6.45) is 5.17. The van der Waals surface area contributed by atoms with Crippen LogP contribution in [-0.4, -0.2) is 37.1 Å². The Bertz CT molecular complexity index is 150. The molecule has 0 aliphatic rings. The van der Waals surface area contributed by atoms with E-state index in [1.807, 2.05) is 7.05 Å². The molecule has 0 aliphatic heterocycles. The smallest absolute Gasteiger partial charge is 0.0596 e. The lowest BCUT2D eigenvalue weighted by Crippen LogP contribution is -2.40. The van der Waals surface area contributed by atoms with Crippen LogP contribution >= 0.6 is 0 Å². The fourth-order valence-corrected chi connectivity index (χ4v) is 0.857. The molecule has 0 saturated carbocycles. The highest BCUT2D eigenvalue weighted by atomic mass is 15.1. The SMILES string of the molecule is C#CCN(C)CCNC(C)(C)C. The monoisotopic (exact) mass is 168 g/mol. The molecule has 2 nitrogen and oxygen atoms in total. The van der Waals surface area contributed by atoms with Gasteiger partial charge in [0.2, 0.25) is 0 Å². The third kappa shape index (κ3) is 7.59. The molecule has 12 heavy (non-hydrogen) atoms. The molecule has 0 rings (SSSR count). The van der Waals surface area contributed by atoms with Gasteiger partial charge in [0.15, 0.2) is 0 Å². The Labute approximate surface area is 76.3 Å². The number of nitrogens with zero attached hydrogens (tertiary/aromatic N) is 1. The summed E-state index contributed by atoms with van der Waals surface area (Å²) < 4.78 is 0. The van der Waals surface area contributed by atoms with Crippen molar-refractivity contribution in [2.75, 3.05) is 26.7 Å². The second-order valence-electron chi connectivity index (χ2n) is 4.12. The highest BCUT2D eigenvalue weighted by Crippen LogP contribution is 1.96. The lowest BCUT2D eigenvalue weighted by molar-refractivity contribution is 0.336. The third-order valence-electron chi connectivity index (χ3n) is 1.51. The Balaban J connectivity index is 3.38. The van der Waals surface area contributed by atoms with Crippen molar-refractivity contribution in [2.24, 2.45) is 0 Å². The third-order valence-corrected chi connectivity index (χ3v) is 1.51. The molecule has 0 fully saturated rings. The van der Waals surface area contributed by atoms with E-state index in [1.54, 1.807) is 0 Å². The van der Waals surface area contributed by atoms with Crippen LogP contribution < -0.4 is 5.32 Å². The van der Waals surface area contributed by atoms with Gasteiger partial charge in [-0.05, 0) is 27.8 Å². The normalized spacial score (nSPS) is 11.7. The summed E-state index contributed by atoms with van der Waals surface area (Å²) in [4.78, 5) is 2.12. The number of hydrogen-bond acceptors (Lipinski definition) is 2. The van der Waals surface area contributed by atoms with Crippen molar-refractivity contribution in [1.29, 1.82) is 0 Å². The van der Waals surface area contributed by atoms with Gasteiger partial charge in [-0.15, -0.1) is 6.42 Å². The lowest BCUT2D eigenvalue weighted by Gasteiger charge is -2.22. The molecule has 0 saturated heterocycles. The van der Waals surface area contributed by atoms with Gasteiger partial charge in [-0.2, -0.15) is 0 Å². The topological polar surface area (TPSA) is 15.3 Å². The zero-order valence-electron chi connectivity index (χ0n) is 8.65. The van der Waals surface area contributed by atoms with Gasteiger partial charge in [-0.25, -0.2) is 0 Å². The summed E-state index contributed by atoms with van der Waals surface area (Å²) in [5.74, 6) is 2.61. The van der Waals surface area contributed by atoms with Crippen molar-refractivity contribution in [3.63, 3.8) is 0 Å². The Kier molecular flexibility index (Phi) is 4.96. The van der Waals surface area contributed by atoms with Crippen LogP contribution in [0.3, 0.4) is 0 Å². The second kappa shape index (κ2) is 5.18. The second-order valence-corrected chi connectivity index (χ2v) is 4.12. The summed E-state index contributed by atoms with van der Waals surface area (Å²) in [7, 11) is 2.03. The molecule has 0 heterocycles. The molecule has 0 bridgehead atoms. The summed E-state index contributed by atoms with van der Waals surface area (Å²) in [5, 5.41) is 3.40. The van der Waals surface area contributed by atoms with E-state index < -0.39 is 0 Å². The predicted molar refractivity (Wildman–Crippen MR) is 54.1 cm³/mol. The minimum atomic E-state index is 0.205. The Morgan fingerprint density at radius 2 is 2.00 bits per heavy atom. The summed E-state index contributed by atoms with van der Waals surface area (Å²) in [6.45, 7) is 9.20. The highest BCUT2D eigenvalue weighted by Gasteiger charge is 2.07. The first-order chi connectivity index (χ1) is 5.45. The molecule has 1 N–H and O–H groups in total. The van der Waals surface area contributed by atoms with E-state index in [4.69, 9.17) is 6.42 Å². The van der Waals surface area contributed by atoms with Gasteiger partial charge in [0.25, 0.3) is 0 Å². The number of rotatable bonds is 4. The largest absolute Gasteiger partial charge is 0.311 e. The maximum atomic E-state index is 5.17. The number of terminal acetylenes is 1. The van der Waals surface area contributed by atoms with Gasteiger partial charge in [-0.3, -0.25) is 4.90 Å². The number of hydrogen-bond donors (Lipinski definition) is 1.